The lowest BCUT2D eigenvalue weighted by molar-refractivity contribution is 0.659. The smallest absolute Gasteiger partial charge is 0.201 e. The van der Waals surface area contributed by atoms with E-state index in [1.807, 2.05) is 170 Å². The first-order valence-electron chi connectivity index (χ1n) is 30.9. The molecule has 0 fully saturated rings. The van der Waals surface area contributed by atoms with Crippen molar-refractivity contribution in [1.82, 2.24) is 0 Å². The molecule has 0 bridgehead atoms. The minimum Gasteiger partial charge on any atom is -0.456 e. The van der Waals surface area contributed by atoms with E-state index in [0.717, 1.165) is 66.8 Å². The minimum absolute atomic E-state index is 0.0183. The number of fused-ring (bicyclic) bond motifs is 11. The maximum atomic E-state index is 13.5. The van der Waals surface area contributed by atoms with Gasteiger partial charge in [0.1, 0.15) is 44.7 Å². The molecular weight excluding hydrogens is 1150 g/mol. The summed E-state index contributed by atoms with van der Waals surface area (Å²) in [6, 6.07) is 90.9. The first kappa shape index (κ1) is 54.9. The molecule has 0 amide bonds. The summed E-state index contributed by atoms with van der Waals surface area (Å²) >= 11 is 0. The fourth-order valence-corrected chi connectivity index (χ4v) is 13.8. The monoisotopic (exact) mass is 1200 g/mol. The number of hydrogen-bond donors (Lipinski definition) is 0. The molecule has 0 saturated heterocycles. The molecule has 18 rings (SSSR count). The van der Waals surface area contributed by atoms with Crippen LogP contribution in [0, 0.1) is 0 Å². The average molecular weight is 1200 g/mol. The third-order valence-corrected chi connectivity index (χ3v) is 18.6. The Morgan fingerprint density at radius 3 is 1.24 bits per heavy atom. The van der Waals surface area contributed by atoms with Crippen molar-refractivity contribution < 1.29 is 17.7 Å². The van der Waals surface area contributed by atoms with Crippen LogP contribution in [0.25, 0.3) is 166 Å². The highest BCUT2D eigenvalue weighted by atomic mass is 16.3. The molecule has 0 atom stereocenters. The number of rotatable bonds is 6. The van der Waals surface area contributed by atoms with Crippen LogP contribution in [0.4, 0.5) is 0 Å². The third-order valence-electron chi connectivity index (χ3n) is 18.6. The molecule has 93 heavy (non-hydrogen) atoms. The first-order chi connectivity index (χ1) is 45.5. The molecule has 13 aromatic carbocycles. The molecule has 0 unspecified atom stereocenters. The zero-order valence-electron chi connectivity index (χ0n) is 50.3. The van der Waals surface area contributed by atoms with Crippen molar-refractivity contribution in [3.63, 3.8) is 0 Å². The summed E-state index contributed by atoms with van der Waals surface area (Å²) in [6.45, 7) is 4.53. The fourth-order valence-electron chi connectivity index (χ4n) is 13.8. The van der Waals surface area contributed by atoms with Crippen molar-refractivity contribution in [2.24, 2.45) is 0 Å². The maximum Gasteiger partial charge on any atom is 0.201 e. The SMILES string of the molecule is CC1(C)c2ccc(-c3ccc4c(=O)c5ccccc5oc4c3)cc2-c2cc(-c3ccc4oc5ccccc5c(=O)c4c3)ccc21.O=c1c2ccccc2oc2c(-c3cccc(-c4cccc(-c5ccc(-c6cccc7oc8ccccc8c(=O)c67)cc5)c4)c3)cccc12. The van der Waals surface area contributed by atoms with Gasteiger partial charge in [0.05, 0.1) is 43.1 Å². The van der Waals surface area contributed by atoms with Gasteiger partial charge in [0, 0.05) is 11.0 Å². The van der Waals surface area contributed by atoms with Gasteiger partial charge in [0.25, 0.3) is 0 Å². The van der Waals surface area contributed by atoms with E-state index in [9.17, 15) is 19.2 Å². The van der Waals surface area contributed by atoms with Crippen LogP contribution >= 0.6 is 0 Å². The molecule has 8 nitrogen and oxygen atoms in total. The molecule has 8 heteroatoms. The summed E-state index contributed by atoms with van der Waals surface area (Å²) in [5, 5.41) is 4.64. The molecule has 0 saturated carbocycles. The summed E-state index contributed by atoms with van der Waals surface area (Å²) in [4.78, 5) is 53.3. The maximum absolute atomic E-state index is 13.5. The molecule has 440 valence electrons. The van der Waals surface area contributed by atoms with Gasteiger partial charge in [0.15, 0.2) is 0 Å². The lowest BCUT2D eigenvalue weighted by Crippen LogP contribution is -2.14. The van der Waals surface area contributed by atoms with Crippen LogP contribution in [0.2, 0.25) is 0 Å². The summed E-state index contributed by atoms with van der Waals surface area (Å²) in [5.41, 5.74) is 21.3. The fraction of sp³-hybridized carbons (Fsp3) is 0.0353. The third kappa shape index (κ3) is 9.13. The van der Waals surface area contributed by atoms with Crippen molar-refractivity contribution in [1.29, 1.82) is 0 Å². The Hall–Kier alpha value is -12.3. The van der Waals surface area contributed by atoms with E-state index in [1.165, 1.54) is 22.3 Å². The van der Waals surface area contributed by atoms with E-state index >= 15 is 0 Å². The van der Waals surface area contributed by atoms with E-state index in [2.05, 4.69) is 111 Å². The summed E-state index contributed by atoms with van der Waals surface area (Å²) < 4.78 is 24.6. The Morgan fingerprint density at radius 2 is 0.602 bits per heavy atom. The highest BCUT2D eigenvalue weighted by Crippen LogP contribution is 2.51. The van der Waals surface area contributed by atoms with Gasteiger partial charge < -0.3 is 17.7 Å². The van der Waals surface area contributed by atoms with Gasteiger partial charge in [-0.25, -0.2) is 0 Å². The lowest BCUT2D eigenvalue weighted by Gasteiger charge is -2.21. The molecule has 1 aliphatic rings. The van der Waals surface area contributed by atoms with Gasteiger partial charge >= 0.3 is 0 Å². The molecule has 17 aromatic rings. The van der Waals surface area contributed by atoms with Crippen LogP contribution in [-0.4, -0.2) is 0 Å². The van der Waals surface area contributed by atoms with E-state index in [0.29, 0.717) is 87.8 Å². The molecule has 1 aliphatic carbocycles. The zero-order valence-corrected chi connectivity index (χ0v) is 50.3. The second-order valence-electron chi connectivity index (χ2n) is 24.4. The average Bonchev–Trinajstić information content (AvgIpc) is 1.66. The van der Waals surface area contributed by atoms with Crippen LogP contribution in [0.5, 0.6) is 0 Å². The van der Waals surface area contributed by atoms with Crippen LogP contribution < -0.4 is 21.7 Å². The highest BCUT2D eigenvalue weighted by Gasteiger charge is 2.36. The Balaban J connectivity index is 0.000000142. The molecule has 4 heterocycles. The second-order valence-corrected chi connectivity index (χ2v) is 24.4. The number of benzene rings is 13. The van der Waals surface area contributed by atoms with Gasteiger partial charge in [0.2, 0.25) is 21.7 Å². The Labute approximate surface area is 530 Å². The Morgan fingerprint density at radius 1 is 0.226 bits per heavy atom. The molecular formula is C85H52O8. The predicted molar refractivity (Wildman–Crippen MR) is 377 cm³/mol. The van der Waals surface area contributed by atoms with Gasteiger partial charge in [-0.05, 0) is 193 Å². The predicted octanol–water partition coefficient (Wildman–Crippen LogP) is 20.7. The van der Waals surface area contributed by atoms with Crippen molar-refractivity contribution in [3.05, 3.63) is 331 Å². The second kappa shape index (κ2) is 21.5. The molecule has 0 N–H and O–H groups in total. The largest absolute Gasteiger partial charge is 0.456 e. The van der Waals surface area contributed by atoms with Crippen molar-refractivity contribution >= 4 is 87.8 Å². The summed E-state index contributed by atoms with van der Waals surface area (Å²) in [5.74, 6) is 0. The van der Waals surface area contributed by atoms with Gasteiger partial charge in [-0.1, -0.05) is 184 Å². The van der Waals surface area contributed by atoms with Crippen LogP contribution in [-0.2, 0) is 5.41 Å². The Kier molecular flexibility index (Phi) is 12.7. The minimum atomic E-state index is -0.166. The highest BCUT2D eigenvalue weighted by molar-refractivity contribution is 6.01. The zero-order chi connectivity index (χ0) is 62.6. The van der Waals surface area contributed by atoms with Crippen LogP contribution in [0.1, 0.15) is 25.0 Å². The van der Waals surface area contributed by atoms with E-state index < -0.39 is 0 Å². The quantitative estimate of drug-likeness (QED) is 0.151. The van der Waals surface area contributed by atoms with E-state index in [4.69, 9.17) is 17.7 Å². The standard InChI is InChI=1S/C44H26O4.C41H26O4/c45-42-35-13-1-4-19-39(35)48-44-34(16-7-17-37(42)44)32-12-6-11-31(26-32)30-10-5-9-29(25-30)27-21-23-28(24-22-27)33-15-8-20-40-41(33)43(46)36-14-2-3-18-38(36)47-40;1-41(2)33-16-12-23(25-14-18-37-32(21-25)40(43)28-8-4-5-9-35(28)44-37)19-30(33)31-20-24(13-17-34(31)41)26-11-15-29-38(22-26)45-36-10-6-3-7-27(36)39(29)42/h1-26H;3-22H,1-2H3. The van der Waals surface area contributed by atoms with Gasteiger partial charge in [-0.15, -0.1) is 0 Å². The van der Waals surface area contributed by atoms with Crippen molar-refractivity contribution in [3.8, 4) is 77.9 Å². The number of para-hydroxylation sites is 5. The normalized spacial score (nSPS) is 12.5. The number of hydrogen-bond acceptors (Lipinski definition) is 8. The Bertz CT molecular complexity index is 6260. The van der Waals surface area contributed by atoms with Crippen molar-refractivity contribution in [2.75, 3.05) is 0 Å². The topological polar surface area (TPSA) is 121 Å². The molecule has 0 spiro atoms. The first-order valence-corrected chi connectivity index (χ1v) is 30.9. The van der Waals surface area contributed by atoms with E-state index in [-0.39, 0.29) is 27.1 Å². The molecule has 0 radical (unpaired) electrons. The van der Waals surface area contributed by atoms with E-state index in [1.54, 1.807) is 12.1 Å². The molecule has 0 aliphatic heterocycles. The van der Waals surface area contributed by atoms with Gasteiger partial charge in [-0.3, -0.25) is 19.2 Å². The van der Waals surface area contributed by atoms with Gasteiger partial charge in [-0.2, -0.15) is 0 Å². The summed E-state index contributed by atoms with van der Waals surface area (Å²) in [7, 11) is 0. The summed E-state index contributed by atoms with van der Waals surface area (Å²) in [6.07, 6.45) is 0. The lowest BCUT2D eigenvalue weighted by atomic mass is 9.82. The molecule has 4 aromatic heterocycles. The van der Waals surface area contributed by atoms with Crippen LogP contribution in [0.3, 0.4) is 0 Å². The van der Waals surface area contributed by atoms with Crippen molar-refractivity contribution in [2.45, 2.75) is 19.3 Å². The van der Waals surface area contributed by atoms with Crippen LogP contribution in [0.15, 0.2) is 316 Å².